The van der Waals surface area contributed by atoms with E-state index in [9.17, 15) is 14.7 Å². The SMILES string of the molecule is COc1c(CC=C(C)C)c2c(c3oc(=O)c(-c4ccc(OC(C)=O)cc4)c(O)c13)C=CC(C)(C)O2. The Hall–Kier alpha value is -4.00. The summed E-state index contributed by atoms with van der Waals surface area (Å²) in [5.41, 5.74) is 1.73. The maximum Gasteiger partial charge on any atom is 0.348 e. The number of rotatable bonds is 5. The molecule has 0 fully saturated rings. The number of methoxy groups -OCH3 is 1. The van der Waals surface area contributed by atoms with Crippen LogP contribution in [0.2, 0.25) is 0 Å². The molecule has 0 spiro atoms. The van der Waals surface area contributed by atoms with Gasteiger partial charge in [-0.3, -0.25) is 4.79 Å². The summed E-state index contributed by atoms with van der Waals surface area (Å²) in [5.74, 6) is 0.545. The van der Waals surface area contributed by atoms with Crippen LogP contribution in [-0.2, 0) is 11.2 Å². The molecule has 0 radical (unpaired) electrons. The van der Waals surface area contributed by atoms with Crippen molar-refractivity contribution in [2.24, 2.45) is 0 Å². The Morgan fingerprint density at radius 2 is 1.83 bits per heavy atom. The first kappa shape index (κ1) is 24.1. The summed E-state index contributed by atoms with van der Waals surface area (Å²) < 4.78 is 22.9. The summed E-state index contributed by atoms with van der Waals surface area (Å²) in [6, 6.07) is 6.25. The van der Waals surface area contributed by atoms with E-state index in [2.05, 4.69) is 0 Å². The lowest BCUT2D eigenvalue weighted by molar-refractivity contribution is -0.131. The van der Waals surface area contributed by atoms with Gasteiger partial charge in [-0.25, -0.2) is 4.79 Å². The van der Waals surface area contributed by atoms with Crippen LogP contribution in [-0.4, -0.2) is 23.8 Å². The minimum atomic E-state index is -0.713. The largest absolute Gasteiger partial charge is 0.506 e. The number of allylic oxidation sites excluding steroid dienone is 2. The molecule has 2 heterocycles. The highest BCUT2D eigenvalue weighted by molar-refractivity contribution is 6.02. The number of benzene rings is 2. The number of carbonyl (C=O) groups is 1. The van der Waals surface area contributed by atoms with E-state index >= 15 is 0 Å². The number of fused-ring (bicyclic) bond motifs is 3. The van der Waals surface area contributed by atoms with Crippen molar-refractivity contribution >= 4 is 23.0 Å². The zero-order chi connectivity index (χ0) is 25.5. The average molecular weight is 477 g/mol. The van der Waals surface area contributed by atoms with Crippen LogP contribution in [0, 0.1) is 0 Å². The minimum Gasteiger partial charge on any atom is -0.506 e. The lowest BCUT2D eigenvalue weighted by Crippen LogP contribution is -2.28. The van der Waals surface area contributed by atoms with Gasteiger partial charge in [0.1, 0.15) is 39.5 Å². The average Bonchev–Trinajstić information content (AvgIpc) is 2.77. The molecule has 0 amide bonds. The molecule has 1 aliphatic heterocycles. The zero-order valence-electron chi connectivity index (χ0n) is 20.6. The molecule has 182 valence electrons. The van der Waals surface area contributed by atoms with E-state index < -0.39 is 17.2 Å². The number of esters is 1. The first-order valence-electron chi connectivity index (χ1n) is 11.3. The molecule has 0 atom stereocenters. The molecule has 1 aromatic heterocycles. The Morgan fingerprint density at radius 1 is 1.14 bits per heavy atom. The van der Waals surface area contributed by atoms with Crippen molar-refractivity contribution in [2.45, 2.75) is 46.6 Å². The third kappa shape index (κ3) is 4.54. The molecule has 7 nitrogen and oxygen atoms in total. The summed E-state index contributed by atoms with van der Waals surface area (Å²) >= 11 is 0. The highest BCUT2D eigenvalue weighted by atomic mass is 16.5. The Labute approximate surface area is 203 Å². The van der Waals surface area contributed by atoms with Gasteiger partial charge < -0.3 is 23.7 Å². The van der Waals surface area contributed by atoms with Crippen molar-refractivity contribution in [1.82, 2.24) is 0 Å². The topological polar surface area (TPSA) is 95.2 Å². The molecule has 0 aliphatic carbocycles. The smallest absolute Gasteiger partial charge is 0.348 e. The minimum absolute atomic E-state index is 0.0145. The number of aromatic hydroxyl groups is 1. The Morgan fingerprint density at radius 3 is 2.43 bits per heavy atom. The van der Waals surface area contributed by atoms with Crippen LogP contribution < -0.4 is 19.8 Å². The van der Waals surface area contributed by atoms with Crippen molar-refractivity contribution in [3.8, 4) is 34.1 Å². The number of hydrogen-bond acceptors (Lipinski definition) is 7. The van der Waals surface area contributed by atoms with Gasteiger partial charge in [0.25, 0.3) is 0 Å². The van der Waals surface area contributed by atoms with Crippen molar-refractivity contribution < 1.29 is 28.5 Å². The first-order valence-corrected chi connectivity index (χ1v) is 11.3. The van der Waals surface area contributed by atoms with Crippen LogP contribution in [0.5, 0.6) is 23.0 Å². The normalized spacial score (nSPS) is 13.7. The molecular formula is C28H28O7. The lowest BCUT2D eigenvalue weighted by Gasteiger charge is -2.31. The highest BCUT2D eigenvalue weighted by Gasteiger charge is 2.32. The Bertz CT molecular complexity index is 1430. The van der Waals surface area contributed by atoms with Gasteiger partial charge in [0.2, 0.25) is 0 Å². The molecular weight excluding hydrogens is 448 g/mol. The summed E-state index contributed by atoms with van der Waals surface area (Å²) in [4.78, 5) is 24.3. The van der Waals surface area contributed by atoms with Crippen molar-refractivity contribution in [2.75, 3.05) is 7.11 Å². The molecule has 0 saturated heterocycles. The van der Waals surface area contributed by atoms with Gasteiger partial charge in [-0.1, -0.05) is 23.8 Å². The van der Waals surface area contributed by atoms with Gasteiger partial charge in [-0.2, -0.15) is 0 Å². The van der Waals surface area contributed by atoms with E-state index in [-0.39, 0.29) is 22.3 Å². The van der Waals surface area contributed by atoms with E-state index in [4.69, 9.17) is 18.6 Å². The van der Waals surface area contributed by atoms with Crippen molar-refractivity contribution in [3.05, 3.63) is 63.5 Å². The highest BCUT2D eigenvalue weighted by Crippen LogP contribution is 2.49. The molecule has 0 saturated carbocycles. The Kier molecular flexibility index (Phi) is 6.19. The fourth-order valence-corrected chi connectivity index (χ4v) is 4.12. The maximum absolute atomic E-state index is 13.1. The van der Waals surface area contributed by atoms with E-state index in [1.807, 2.05) is 45.9 Å². The van der Waals surface area contributed by atoms with E-state index in [1.165, 1.54) is 14.0 Å². The molecule has 2 aromatic carbocycles. The van der Waals surface area contributed by atoms with E-state index in [0.29, 0.717) is 34.8 Å². The van der Waals surface area contributed by atoms with Crippen LogP contribution >= 0.6 is 0 Å². The quantitative estimate of drug-likeness (QED) is 0.215. The molecule has 35 heavy (non-hydrogen) atoms. The van der Waals surface area contributed by atoms with Crippen LogP contribution in [0.1, 0.15) is 45.7 Å². The van der Waals surface area contributed by atoms with Gasteiger partial charge in [-0.15, -0.1) is 0 Å². The van der Waals surface area contributed by atoms with Gasteiger partial charge in [0, 0.05) is 12.5 Å². The fraction of sp³-hybridized carbons (Fsp3) is 0.286. The standard InChI is InChI=1S/C28H28O7/c1-15(2)7-12-19-24-20(13-14-28(4,5)35-24)26-22(25(19)32-6)23(30)21(27(31)34-26)17-8-10-18(11-9-17)33-16(3)29/h7-11,13-14,30H,12H2,1-6H3. The monoisotopic (exact) mass is 476 g/mol. The predicted octanol–water partition coefficient (Wildman–Crippen LogP) is 5.79. The fourth-order valence-electron chi connectivity index (χ4n) is 4.12. The van der Waals surface area contributed by atoms with Crippen LogP contribution in [0.15, 0.2) is 51.2 Å². The van der Waals surface area contributed by atoms with Crippen molar-refractivity contribution in [1.29, 1.82) is 0 Å². The summed E-state index contributed by atoms with van der Waals surface area (Å²) in [6.07, 6.45) is 6.27. The summed E-state index contributed by atoms with van der Waals surface area (Å²) in [7, 11) is 1.51. The van der Waals surface area contributed by atoms with Crippen molar-refractivity contribution in [3.63, 3.8) is 0 Å². The number of ether oxygens (including phenoxy) is 3. The molecule has 7 heteroatoms. The molecule has 1 aliphatic rings. The second kappa shape index (κ2) is 8.98. The predicted molar refractivity (Wildman–Crippen MR) is 134 cm³/mol. The molecule has 0 unspecified atom stereocenters. The lowest BCUT2D eigenvalue weighted by atomic mass is 9.93. The second-order valence-electron chi connectivity index (χ2n) is 9.21. The summed E-state index contributed by atoms with van der Waals surface area (Å²) in [5, 5.41) is 11.7. The summed E-state index contributed by atoms with van der Waals surface area (Å²) in [6.45, 7) is 9.17. The third-order valence-corrected chi connectivity index (χ3v) is 5.70. The van der Waals surface area contributed by atoms with E-state index in [1.54, 1.807) is 24.3 Å². The van der Waals surface area contributed by atoms with Crippen LogP contribution in [0.25, 0.3) is 28.2 Å². The molecule has 3 aromatic rings. The zero-order valence-corrected chi connectivity index (χ0v) is 20.6. The van der Waals surface area contributed by atoms with Crippen LogP contribution in [0.4, 0.5) is 0 Å². The van der Waals surface area contributed by atoms with Crippen LogP contribution in [0.3, 0.4) is 0 Å². The van der Waals surface area contributed by atoms with Gasteiger partial charge >= 0.3 is 11.6 Å². The Balaban J connectivity index is 2.03. The van der Waals surface area contributed by atoms with Gasteiger partial charge in [-0.05, 0) is 64.0 Å². The van der Waals surface area contributed by atoms with E-state index in [0.717, 1.165) is 11.1 Å². The molecule has 0 bridgehead atoms. The molecule has 1 N–H and O–H groups in total. The third-order valence-electron chi connectivity index (χ3n) is 5.70. The maximum atomic E-state index is 13.1. The number of hydrogen-bond donors (Lipinski definition) is 1. The second-order valence-corrected chi connectivity index (χ2v) is 9.21. The van der Waals surface area contributed by atoms with Gasteiger partial charge in [0.15, 0.2) is 5.58 Å². The first-order chi connectivity index (χ1) is 16.5. The molecule has 4 rings (SSSR count). The number of carbonyl (C=O) groups excluding carboxylic acids is 1. The van der Waals surface area contributed by atoms with Gasteiger partial charge in [0.05, 0.1) is 12.7 Å².